The zero-order valence-corrected chi connectivity index (χ0v) is 11.3. The van der Waals surface area contributed by atoms with Gasteiger partial charge in [-0.1, -0.05) is 36.4 Å². The summed E-state index contributed by atoms with van der Waals surface area (Å²) in [4.78, 5) is 14.0. The fourth-order valence-electron chi connectivity index (χ4n) is 2.01. The zero-order chi connectivity index (χ0) is 13.8. The van der Waals surface area contributed by atoms with E-state index in [1.54, 1.807) is 18.0 Å². The first kappa shape index (κ1) is 13.1. The van der Waals surface area contributed by atoms with Crippen molar-refractivity contribution < 1.29 is 4.79 Å². The Kier molecular flexibility index (Phi) is 3.85. The Balaban J connectivity index is 2.15. The minimum absolute atomic E-state index is 0.0543. The summed E-state index contributed by atoms with van der Waals surface area (Å²) in [5.74, 6) is -0.0543. The zero-order valence-electron chi connectivity index (χ0n) is 11.3. The molecule has 0 saturated carbocycles. The number of benzene rings is 2. The summed E-state index contributed by atoms with van der Waals surface area (Å²) in [5, 5.41) is 0. The van der Waals surface area contributed by atoms with Crippen LogP contribution in [0.5, 0.6) is 0 Å². The molecule has 0 saturated heterocycles. The van der Waals surface area contributed by atoms with Gasteiger partial charge < -0.3 is 10.6 Å². The van der Waals surface area contributed by atoms with Crippen LogP contribution in [0.1, 0.15) is 21.5 Å². The lowest BCUT2D eigenvalue weighted by molar-refractivity contribution is 0.0786. The van der Waals surface area contributed by atoms with Crippen LogP contribution in [0.2, 0.25) is 0 Å². The summed E-state index contributed by atoms with van der Waals surface area (Å²) in [7, 11) is 1.79. The average Bonchev–Trinajstić information content (AvgIpc) is 2.39. The second kappa shape index (κ2) is 5.57. The van der Waals surface area contributed by atoms with Crippen LogP contribution in [0.25, 0.3) is 0 Å². The molecule has 19 heavy (non-hydrogen) atoms. The summed E-state index contributed by atoms with van der Waals surface area (Å²) >= 11 is 0. The number of carbonyl (C=O) groups excluding carboxylic acids is 1. The predicted molar refractivity (Wildman–Crippen MR) is 77.8 cm³/mol. The van der Waals surface area contributed by atoms with Crippen molar-refractivity contribution >= 4 is 11.6 Å². The molecule has 1 amide bonds. The van der Waals surface area contributed by atoms with Crippen molar-refractivity contribution in [1.29, 1.82) is 0 Å². The van der Waals surface area contributed by atoms with Crippen molar-refractivity contribution in [2.24, 2.45) is 0 Å². The highest BCUT2D eigenvalue weighted by Crippen LogP contribution is 2.16. The highest BCUT2D eigenvalue weighted by atomic mass is 16.2. The molecular weight excluding hydrogens is 236 g/mol. The lowest BCUT2D eigenvalue weighted by atomic mass is 10.1. The van der Waals surface area contributed by atoms with Crippen LogP contribution in [-0.4, -0.2) is 17.9 Å². The number of amides is 1. The molecule has 98 valence electrons. The van der Waals surface area contributed by atoms with Crippen LogP contribution in [-0.2, 0) is 6.54 Å². The van der Waals surface area contributed by atoms with Crippen LogP contribution < -0.4 is 5.73 Å². The quantitative estimate of drug-likeness (QED) is 0.856. The van der Waals surface area contributed by atoms with Gasteiger partial charge in [-0.15, -0.1) is 0 Å². The van der Waals surface area contributed by atoms with Crippen molar-refractivity contribution in [3.8, 4) is 0 Å². The number of carbonyl (C=O) groups is 1. The molecule has 3 nitrogen and oxygen atoms in total. The van der Waals surface area contributed by atoms with Crippen molar-refractivity contribution in [3.05, 3.63) is 65.2 Å². The molecule has 2 aromatic carbocycles. The van der Waals surface area contributed by atoms with E-state index in [1.165, 1.54) is 0 Å². The van der Waals surface area contributed by atoms with Crippen LogP contribution in [0.3, 0.4) is 0 Å². The van der Waals surface area contributed by atoms with Crippen molar-refractivity contribution in [3.63, 3.8) is 0 Å². The van der Waals surface area contributed by atoms with E-state index in [4.69, 9.17) is 5.73 Å². The van der Waals surface area contributed by atoms with Crippen LogP contribution in [0.15, 0.2) is 48.5 Å². The van der Waals surface area contributed by atoms with Gasteiger partial charge in [0.2, 0.25) is 0 Å². The fourth-order valence-corrected chi connectivity index (χ4v) is 2.01. The summed E-state index contributed by atoms with van der Waals surface area (Å²) in [5.41, 5.74) is 9.15. The van der Waals surface area contributed by atoms with Gasteiger partial charge in [0.25, 0.3) is 5.91 Å². The molecule has 3 heteroatoms. The average molecular weight is 254 g/mol. The first-order valence-corrected chi connectivity index (χ1v) is 6.23. The van der Waals surface area contributed by atoms with Gasteiger partial charge in [-0.25, -0.2) is 0 Å². The first-order chi connectivity index (χ1) is 9.08. The molecule has 0 aliphatic rings. The lowest BCUT2D eigenvalue weighted by Crippen LogP contribution is -2.27. The van der Waals surface area contributed by atoms with Crippen molar-refractivity contribution in [2.45, 2.75) is 13.5 Å². The second-order valence-electron chi connectivity index (χ2n) is 4.74. The number of nitrogen functional groups attached to an aromatic ring is 1. The normalized spacial score (nSPS) is 10.2. The van der Waals surface area contributed by atoms with Gasteiger partial charge in [-0.05, 0) is 30.2 Å². The Labute approximate surface area is 113 Å². The Morgan fingerprint density at radius 1 is 1.16 bits per heavy atom. The highest BCUT2D eigenvalue weighted by molar-refractivity contribution is 5.99. The summed E-state index contributed by atoms with van der Waals surface area (Å²) in [6.45, 7) is 2.53. The summed E-state index contributed by atoms with van der Waals surface area (Å²) in [6.07, 6.45) is 0. The molecule has 0 atom stereocenters. The van der Waals surface area contributed by atoms with E-state index in [2.05, 4.69) is 0 Å². The van der Waals surface area contributed by atoms with E-state index in [1.807, 2.05) is 49.4 Å². The number of aryl methyl sites for hydroxylation is 1. The van der Waals surface area contributed by atoms with Crippen LogP contribution in [0.4, 0.5) is 5.69 Å². The molecule has 0 heterocycles. The molecule has 0 bridgehead atoms. The van der Waals surface area contributed by atoms with Gasteiger partial charge in [0.1, 0.15) is 0 Å². The van der Waals surface area contributed by atoms with E-state index in [0.717, 1.165) is 11.1 Å². The third-order valence-corrected chi connectivity index (χ3v) is 3.05. The van der Waals surface area contributed by atoms with Crippen molar-refractivity contribution in [2.75, 3.05) is 12.8 Å². The van der Waals surface area contributed by atoms with E-state index in [9.17, 15) is 4.79 Å². The van der Waals surface area contributed by atoms with E-state index in [-0.39, 0.29) is 5.91 Å². The number of hydrogen-bond donors (Lipinski definition) is 1. The van der Waals surface area contributed by atoms with Gasteiger partial charge in [0, 0.05) is 19.3 Å². The lowest BCUT2D eigenvalue weighted by Gasteiger charge is -2.18. The monoisotopic (exact) mass is 254 g/mol. The minimum Gasteiger partial charge on any atom is -0.398 e. The molecule has 0 aliphatic carbocycles. The molecule has 2 N–H and O–H groups in total. The predicted octanol–water partition coefficient (Wildman–Crippen LogP) is 2.85. The van der Waals surface area contributed by atoms with E-state index < -0.39 is 0 Å². The molecule has 0 aliphatic heterocycles. The van der Waals surface area contributed by atoms with E-state index in [0.29, 0.717) is 17.8 Å². The third-order valence-electron chi connectivity index (χ3n) is 3.05. The Hall–Kier alpha value is -2.29. The summed E-state index contributed by atoms with van der Waals surface area (Å²) in [6, 6.07) is 15.4. The largest absolute Gasteiger partial charge is 0.398 e. The molecule has 0 spiro atoms. The molecule has 2 rings (SSSR count). The van der Waals surface area contributed by atoms with Gasteiger partial charge >= 0.3 is 0 Å². The Bertz CT molecular complexity index is 579. The molecule has 0 fully saturated rings. The minimum atomic E-state index is -0.0543. The van der Waals surface area contributed by atoms with Crippen molar-refractivity contribution in [1.82, 2.24) is 4.90 Å². The Morgan fingerprint density at radius 2 is 1.84 bits per heavy atom. The van der Waals surface area contributed by atoms with Gasteiger partial charge in [0.15, 0.2) is 0 Å². The number of nitrogens with zero attached hydrogens (tertiary/aromatic N) is 1. The molecule has 0 unspecified atom stereocenters. The smallest absolute Gasteiger partial charge is 0.255 e. The SMILES string of the molecule is Cc1ccc(C(=O)N(C)Cc2ccccc2)c(N)c1. The molecule has 2 aromatic rings. The Morgan fingerprint density at radius 3 is 2.47 bits per heavy atom. The van der Waals surface area contributed by atoms with Gasteiger partial charge in [-0.3, -0.25) is 4.79 Å². The number of anilines is 1. The molecule has 0 radical (unpaired) electrons. The van der Waals surface area contributed by atoms with Crippen LogP contribution in [0, 0.1) is 6.92 Å². The molecule has 0 aromatic heterocycles. The van der Waals surface area contributed by atoms with Gasteiger partial charge in [-0.2, -0.15) is 0 Å². The maximum absolute atomic E-state index is 12.3. The van der Waals surface area contributed by atoms with E-state index >= 15 is 0 Å². The number of nitrogens with two attached hydrogens (primary N) is 1. The van der Waals surface area contributed by atoms with Crippen LogP contribution >= 0.6 is 0 Å². The third kappa shape index (κ3) is 3.13. The maximum atomic E-state index is 12.3. The highest BCUT2D eigenvalue weighted by Gasteiger charge is 2.14. The standard InChI is InChI=1S/C16H18N2O/c1-12-8-9-14(15(17)10-12)16(19)18(2)11-13-6-4-3-5-7-13/h3-10H,11,17H2,1-2H3. The molecular formula is C16H18N2O. The number of hydrogen-bond acceptors (Lipinski definition) is 2. The number of rotatable bonds is 3. The maximum Gasteiger partial charge on any atom is 0.255 e. The fraction of sp³-hybridized carbons (Fsp3) is 0.188. The topological polar surface area (TPSA) is 46.3 Å². The van der Waals surface area contributed by atoms with Gasteiger partial charge in [0.05, 0.1) is 5.56 Å². The summed E-state index contributed by atoms with van der Waals surface area (Å²) < 4.78 is 0. The second-order valence-corrected chi connectivity index (χ2v) is 4.74. The first-order valence-electron chi connectivity index (χ1n) is 6.23.